The summed E-state index contributed by atoms with van der Waals surface area (Å²) in [6, 6.07) is 3.94. The van der Waals surface area contributed by atoms with Crippen LogP contribution in [0, 0.1) is 11.8 Å². The number of amides is 1. The predicted octanol–water partition coefficient (Wildman–Crippen LogP) is 2.22. The fourth-order valence-electron chi connectivity index (χ4n) is 2.85. The SMILES string of the molecule is COCCN(Cc1cccs1)C(=O)[C@@H]1CCC[C@@H]1C(=O)O. The lowest BCUT2D eigenvalue weighted by Crippen LogP contribution is -2.40. The number of ether oxygens (including phenoxy) is 1. The third-order valence-corrected chi connectivity index (χ3v) is 4.82. The summed E-state index contributed by atoms with van der Waals surface area (Å²) >= 11 is 1.60. The molecule has 1 saturated carbocycles. The molecule has 1 aromatic heterocycles. The largest absolute Gasteiger partial charge is 0.481 e. The third-order valence-electron chi connectivity index (χ3n) is 3.95. The van der Waals surface area contributed by atoms with Crippen LogP contribution in [0.4, 0.5) is 0 Å². The van der Waals surface area contributed by atoms with Gasteiger partial charge < -0.3 is 14.7 Å². The van der Waals surface area contributed by atoms with Gasteiger partial charge in [0.25, 0.3) is 0 Å². The highest BCUT2D eigenvalue weighted by Gasteiger charge is 2.39. The standard InChI is InChI=1S/C15H21NO4S/c1-20-8-7-16(10-11-4-3-9-21-11)14(17)12-5-2-6-13(12)15(18)19/h3-4,9,12-13H,2,5-8,10H2,1H3,(H,18,19)/t12-,13+/m1/s1. The Morgan fingerprint density at radius 2 is 2.19 bits per heavy atom. The molecule has 116 valence electrons. The molecule has 21 heavy (non-hydrogen) atoms. The Labute approximate surface area is 128 Å². The third kappa shape index (κ3) is 4.04. The number of nitrogens with zero attached hydrogens (tertiary/aromatic N) is 1. The van der Waals surface area contributed by atoms with Crippen molar-refractivity contribution in [3.05, 3.63) is 22.4 Å². The summed E-state index contributed by atoms with van der Waals surface area (Å²) in [5, 5.41) is 11.2. The van der Waals surface area contributed by atoms with E-state index in [0.29, 0.717) is 32.5 Å². The Hall–Kier alpha value is -1.40. The molecule has 0 aromatic carbocycles. The van der Waals surface area contributed by atoms with Crippen LogP contribution in [0.3, 0.4) is 0 Å². The molecular formula is C15H21NO4S. The van der Waals surface area contributed by atoms with E-state index in [1.54, 1.807) is 23.3 Å². The van der Waals surface area contributed by atoms with Crippen molar-refractivity contribution in [2.75, 3.05) is 20.3 Å². The molecule has 6 heteroatoms. The van der Waals surface area contributed by atoms with Crippen molar-refractivity contribution in [2.24, 2.45) is 11.8 Å². The maximum absolute atomic E-state index is 12.7. The minimum atomic E-state index is -0.853. The average Bonchev–Trinajstić information content (AvgIpc) is 3.13. The van der Waals surface area contributed by atoms with Crippen molar-refractivity contribution < 1.29 is 19.4 Å². The van der Waals surface area contributed by atoms with Crippen LogP contribution in [0.1, 0.15) is 24.1 Å². The molecule has 0 unspecified atom stereocenters. The molecule has 0 aliphatic heterocycles. The fraction of sp³-hybridized carbons (Fsp3) is 0.600. The summed E-state index contributed by atoms with van der Waals surface area (Å²) in [6.45, 7) is 1.49. The second-order valence-corrected chi connectivity index (χ2v) is 6.35. The normalized spacial score (nSPS) is 21.4. The summed E-state index contributed by atoms with van der Waals surface area (Å²) in [7, 11) is 1.60. The van der Waals surface area contributed by atoms with Crippen molar-refractivity contribution in [3.63, 3.8) is 0 Å². The maximum Gasteiger partial charge on any atom is 0.307 e. The van der Waals surface area contributed by atoms with Crippen LogP contribution < -0.4 is 0 Å². The topological polar surface area (TPSA) is 66.8 Å². The summed E-state index contributed by atoms with van der Waals surface area (Å²) in [5.74, 6) is -1.83. The van der Waals surface area contributed by atoms with E-state index in [1.807, 2.05) is 17.5 Å². The lowest BCUT2D eigenvalue weighted by molar-refractivity contribution is -0.149. The lowest BCUT2D eigenvalue weighted by Gasteiger charge is -2.26. The van der Waals surface area contributed by atoms with Crippen LogP contribution in [-0.4, -0.2) is 42.1 Å². The van der Waals surface area contributed by atoms with Crippen LogP contribution in [-0.2, 0) is 20.9 Å². The fourth-order valence-corrected chi connectivity index (χ4v) is 3.56. The highest BCUT2D eigenvalue weighted by Crippen LogP contribution is 2.33. The molecule has 2 rings (SSSR count). The van der Waals surface area contributed by atoms with Gasteiger partial charge in [-0.25, -0.2) is 0 Å². The van der Waals surface area contributed by atoms with Gasteiger partial charge in [-0.15, -0.1) is 11.3 Å². The first-order chi connectivity index (χ1) is 10.1. The van der Waals surface area contributed by atoms with Gasteiger partial charge in [0.2, 0.25) is 5.91 Å². The Balaban J connectivity index is 2.07. The van der Waals surface area contributed by atoms with Crippen molar-refractivity contribution in [3.8, 4) is 0 Å². The van der Waals surface area contributed by atoms with E-state index >= 15 is 0 Å². The zero-order valence-corrected chi connectivity index (χ0v) is 13.0. The van der Waals surface area contributed by atoms with Gasteiger partial charge in [0, 0.05) is 18.5 Å². The van der Waals surface area contributed by atoms with E-state index in [1.165, 1.54) is 0 Å². The first-order valence-corrected chi connectivity index (χ1v) is 8.04. The summed E-state index contributed by atoms with van der Waals surface area (Å²) in [5.41, 5.74) is 0. The zero-order valence-electron chi connectivity index (χ0n) is 12.2. The zero-order chi connectivity index (χ0) is 15.2. The number of aliphatic carboxylic acids is 1. The van der Waals surface area contributed by atoms with Gasteiger partial charge in [0.15, 0.2) is 0 Å². The number of carbonyl (C=O) groups excluding carboxylic acids is 1. The van der Waals surface area contributed by atoms with Gasteiger partial charge in [-0.3, -0.25) is 9.59 Å². The molecule has 1 N–H and O–H groups in total. The molecule has 0 radical (unpaired) electrons. The van der Waals surface area contributed by atoms with E-state index in [9.17, 15) is 14.7 Å². The smallest absolute Gasteiger partial charge is 0.307 e. The summed E-state index contributed by atoms with van der Waals surface area (Å²) in [4.78, 5) is 26.8. The molecule has 1 aromatic rings. The molecule has 0 spiro atoms. The number of carbonyl (C=O) groups is 2. The van der Waals surface area contributed by atoms with Crippen LogP contribution in [0.2, 0.25) is 0 Å². The van der Waals surface area contributed by atoms with Gasteiger partial charge in [-0.05, 0) is 24.3 Å². The van der Waals surface area contributed by atoms with E-state index in [4.69, 9.17) is 4.74 Å². The molecular weight excluding hydrogens is 290 g/mol. The molecule has 1 fully saturated rings. The molecule has 1 amide bonds. The molecule has 1 aliphatic carbocycles. The van der Waals surface area contributed by atoms with Crippen molar-refractivity contribution in [1.82, 2.24) is 4.90 Å². The van der Waals surface area contributed by atoms with Crippen LogP contribution in [0.25, 0.3) is 0 Å². The van der Waals surface area contributed by atoms with Crippen molar-refractivity contribution in [1.29, 1.82) is 0 Å². The second-order valence-electron chi connectivity index (χ2n) is 5.31. The Morgan fingerprint density at radius 3 is 2.81 bits per heavy atom. The van der Waals surface area contributed by atoms with Crippen LogP contribution in [0.15, 0.2) is 17.5 Å². The Bertz CT molecular complexity index is 474. The summed E-state index contributed by atoms with van der Waals surface area (Å²) < 4.78 is 5.07. The van der Waals surface area contributed by atoms with Crippen LogP contribution in [0.5, 0.6) is 0 Å². The first-order valence-electron chi connectivity index (χ1n) is 7.16. The van der Waals surface area contributed by atoms with E-state index in [2.05, 4.69) is 0 Å². The number of methoxy groups -OCH3 is 1. The molecule has 0 bridgehead atoms. The summed E-state index contributed by atoms with van der Waals surface area (Å²) in [6.07, 6.45) is 2.08. The number of carboxylic acids is 1. The molecule has 2 atom stereocenters. The number of thiophene rings is 1. The van der Waals surface area contributed by atoms with Crippen LogP contribution >= 0.6 is 11.3 Å². The van der Waals surface area contributed by atoms with Gasteiger partial charge >= 0.3 is 5.97 Å². The van der Waals surface area contributed by atoms with E-state index in [-0.39, 0.29) is 11.8 Å². The monoisotopic (exact) mass is 311 g/mol. The van der Waals surface area contributed by atoms with E-state index < -0.39 is 11.9 Å². The average molecular weight is 311 g/mol. The number of hydrogen-bond acceptors (Lipinski definition) is 4. The molecule has 1 heterocycles. The minimum Gasteiger partial charge on any atom is -0.481 e. The number of carboxylic acid groups (broad SMARTS) is 1. The molecule has 5 nitrogen and oxygen atoms in total. The second kappa shape index (κ2) is 7.56. The Kier molecular flexibility index (Phi) is 5.76. The highest BCUT2D eigenvalue weighted by atomic mass is 32.1. The lowest BCUT2D eigenvalue weighted by atomic mass is 9.94. The number of hydrogen-bond donors (Lipinski definition) is 1. The quantitative estimate of drug-likeness (QED) is 0.838. The Morgan fingerprint density at radius 1 is 1.43 bits per heavy atom. The van der Waals surface area contributed by atoms with E-state index in [0.717, 1.165) is 11.3 Å². The number of rotatable bonds is 7. The first kappa shape index (κ1) is 16.0. The predicted molar refractivity (Wildman–Crippen MR) is 80.1 cm³/mol. The van der Waals surface area contributed by atoms with Gasteiger partial charge in [-0.1, -0.05) is 12.5 Å². The van der Waals surface area contributed by atoms with Gasteiger partial charge in [-0.2, -0.15) is 0 Å². The van der Waals surface area contributed by atoms with Crippen molar-refractivity contribution in [2.45, 2.75) is 25.8 Å². The maximum atomic E-state index is 12.7. The van der Waals surface area contributed by atoms with Crippen molar-refractivity contribution >= 4 is 23.2 Å². The highest BCUT2D eigenvalue weighted by molar-refractivity contribution is 7.09. The van der Waals surface area contributed by atoms with Gasteiger partial charge in [0.05, 0.1) is 25.0 Å². The molecule has 1 aliphatic rings. The minimum absolute atomic E-state index is 0.0506. The van der Waals surface area contributed by atoms with Gasteiger partial charge in [0.1, 0.15) is 0 Å². The molecule has 0 saturated heterocycles.